The number of benzene rings is 1. The van der Waals surface area contributed by atoms with E-state index in [0.29, 0.717) is 19.4 Å². The van der Waals surface area contributed by atoms with Gasteiger partial charge in [-0.25, -0.2) is 0 Å². The fraction of sp³-hybridized carbons (Fsp3) is 0.467. The molecule has 0 saturated carbocycles. The third-order valence-electron chi connectivity index (χ3n) is 2.38. The van der Waals surface area contributed by atoms with E-state index in [4.69, 9.17) is 9.84 Å². The number of hydrogen-bond acceptors (Lipinski definition) is 2. The van der Waals surface area contributed by atoms with Crippen molar-refractivity contribution in [1.29, 1.82) is 0 Å². The van der Waals surface area contributed by atoms with Crippen molar-refractivity contribution >= 4 is 0 Å². The SMILES string of the molecule is OCCC#Cc1ccccc1OCCCCCF. The molecule has 0 fully saturated rings. The van der Waals surface area contributed by atoms with E-state index in [1.165, 1.54) is 0 Å². The van der Waals surface area contributed by atoms with E-state index < -0.39 is 0 Å². The van der Waals surface area contributed by atoms with Gasteiger partial charge in [-0.05, 0) is 31.4 Å². The average molecular weight is 250 g/mol. The highest BCUT2D eigenvalue weighted by molar-refractivity contribution is 5.45. The highest BCUT2D eigenvalue weighted by Gasteiger charge is 1.99. The van der Waals surface area contributed by atoms with Gasteiger partial charge < -0.3 is 9.84 Å². The van der Waals surface area contributed by atoms with Crippen molar-refractivity contribution in [2.24, 2.45) is 0 Å². The molecule has 0 amide bonds. The summed E-state index contributed by atoms with van der Waals surface area (Å²) in [6.45, 7) is 0.390. The molecular formula is C15H19FO2. The first kappa shape index (κ1) is 14.5. The van der Waals surface area contributed by atoms with Gasteiger partial charge in [0.25, 0.3) is 0 Å². The van der Waals surface area contributed by atoms with Crippen molar-refractivity contribution in [2.75, 3.05) is 19.9 Å². The molecule has 98 valence electrons. The van der Waals surface area contributed by atoms with Crippen LogP contribution in [0, 0.1) is 11.8 Å². The molecule has 1 N–H and O–H groups in total. The predicted molar refractivity (Wildman–Crippen MR) is 70.3 cm³/mol. The van der Waals surface area contributed by atoms with Crippen molar-refractivity contribution in [1.82, 2.24) is 0 Å². The number of ether oxygens (including phenoxy) is 1. The lowest BCUT2D eigenvalue weighted by Crippen LogP contribution is -1.99. The number of unbranched alkanes of at least 4 members (excludes halogenated alkanes) is 2. The molecule has 0 atom stereocenters. The van der Waals surface area contributed by atoms with Crippen LogP contribution in [0.2, 0.25) is 0 Å². The molecule has 0 aliphatic carbocycles. The van der Waals surface area contributed by atoms with Crippen LogP contribution in [-0.2, 0) is 0 Å². The van der Waals surface area contributed by atoms with Crippen LogP contribution in [0.4, 0.5) is 4.39 Å². The van der Waals surface area contributed by atoms with E-state index in [1.807, 2.05) is 24.3 Å². The van der Waals surface area contributed by atoms with E-state index in [9.17, 15) is 4.39 Å². The van der Waals surface area contributed by atoms with Crippen LogP contribution in [0.1, 0.15) is 31.2 Å². The van der Waals surface area contributed by atoms with E-state index in [0.717, 1.165) is 24.2 Å². The second-order valence-corrected chi connectivity index (χ2v) is 3.87. The molecule has 0 heterocycles. The van der Waals surface area contributed by atoms with Gasteiger partial charge in [0.1, 0.15) is 5.75 Å². The molecule has 0 bridgehead atoms. The van der Waals surface area contributed by atoms with Crippen LogP contribution >= 0.6 is 0 Å². The minimum Gasteiger partial charge on any atom is -0.492 e. The average Bonchev–Trinajstić information content (AvgIpc) is 2.40. The maximum atomic E-state index is 11.9. The molecule has 0 aliphatic rings. The van der Waals surface area contributed by atoms with Gasteiger partial charge in [-0.15, -0.1) is 0 Å². The van der Waals surface area contributed by atoms with Gasteiger partial charge in [-0.1, -0.05) is 24.0 Å². The molecule has 0 unspecified atom stereocenters. The van der Waals surface area contributed by atoms with E-state index >= 15 is 0 Å². The number of aliphatic hydroxyl groups is 1. The second-order valence-electron chi connectivity index (χ2n) is 3.87. The Labute approximate surface area is 108 Å². The van der Waals surface area contributed by atoms with Crippen LogP contribution in [0.25, 0.3) is 0 Å². The Morgan fingerprint density at radius 1 is 1.17 bits per heavy atom. The molecule has 0 saturated heterocycles. The summed E-state index contributed by atoms with van der Waals surface area (Å²) in [5.74, 6) is 6.60. The van der Waals surface area contributed by atoms with Crippen LogP contribution in [-0.4, -0.2) is 25.0 Å². The lowest BCUT2D eigenvalue weighted by Gasteiger charge is -2.07. The normalized spacial score (nSPS) is 9.67. The molecule has 1 rings (SSSR count). The Morgan fingerprint density at radius 2 is 2.00 bits per heavy atom. The van der Waals surface area contributed by atoms with Gasteiger partial charge in [-0.3, -0.25) is 4.39 Å². The van der Waals surface area contributed by atoms with E-state index in [2.05, 4.69) is 11.8 Å². The Hall–Kier alpha value is -1.53. The van der Waals surface area contributed by atoms with E-state index in [-0.39, 0.29) is 13.3 Å². The Morgan fingerprint density at radius 3 is 2.78 bits per heavy atom. The summed E-state index contributed by atoms with van der Waals surface area (Å²) in [5, 5.41) is 8.67. The second kappa shape index (κ2) is 9.49. The zero-order valence-electron chi connectivity index (χ0n) is 10.5. The molecule has 1 aromatic carbocycles. The highest BCUT2D eigenvalue weighted by atomic mass is 19.1. The Kier molecular flexibility index (Phi) is 7.66. The molecule has 2 nitrogen and oxygen atoms in total. The summed E-state index contributed by atoms with van der Waals surface area (Å²) in [5.41, 5.74) is 0.830. The van der Waals surface area contributed by atoms with Crippen LogP contribution in [0.5, 0.6) is 5.75 Å². The molecule has 0 radical (unpaired) electrons. The fourth-order valence-corrected chi connectivity index (χ4v) is 1.46. The summed E-state index contributed by atoms with van der Waals surface area (Å²) >= 11 is 0. The summed E-state index contributed by atoms with van der Waals surface area (Å²) in [6.07, 6.45) is 2.75. The molecule has 18 heavy (non-hydrogen) atoms. The first-order chi connectivity index (χ1) is 8.88. The quantitative estimate of drug-likeness (QED) is 0.595. The van der Waals surface area contributed by atoms with Gasteiger partial charge in [0.15, 0.2) is 0 Å². The molecule has 0 spiro atoms. The van der Waals surface area contributed by atoms with Crippen molar-refractivity contribution in [3.63, 3.8) is 0 Å². The fourth-order valence-electron chi connectivity index (χ4n) is 1.46. The molecule has 1 aromatic rings. The van der Waals surface area contributed by atoms with Gasteiger partial charge in [0, 0.05) is 6.42 Å². The zero-order chi connectivity index (χ0) is 13.1. The summed E-state index contributed by atoms with van der Waals surface area (Å²) in [6, 6.07) is 7.56. The van der Waals surface area contributed by atoms with Crippen LogP contribution in [0.3, 0.4) is 0 Å². The monoisotopic (exact) mass is 250 g/mol. The summed E-state index contributed by atoms with van der Waals surface area (Å²) in [4.78, 5) is 0. The largest absolute Gasteiger partial charge is 0.492 e. The van der Waals surface area contributed by atoms with Gasteiger partial charge in [0.2, 0.25) is 0 Å². The van der Waals surface area contributed by atoms with Gasteiger partial charge in [0.05, 0.1) is 25.5 Å². The van der Waals surface area contributed by atoms with Crippen molar-refractivity contribution in [3.8, 4) is 17.6 Å². The maximum absolute atomic E-state index is 11.9. The van der Waals surface area contributed by atoms with Crippen LogP contribution in [0.15, 0.2) is 24.3 Å². The number of aliphatic hydroxyl groups excluding tert-OH is 1. The molecule has 0 aromatic heterocycles. The summed E-state index contributed by atoms with van der Waals surface area (Å²) in [7, 11) is 0. The van der Waals surface area contributed by atoms with Gasteiger partial charge in [-0.2, -0.15) is 0 Å². The molecule has 0 aliphatic heterocycles. The van der Waals surface area contributed by atoms with Crippen LogP contribution < -0.4 is 4.74 Å². The summed E-state index contributed by atoms with van der Waals surface area (Å²) < 4.78 is 17.5. The molecular weight excluding hydrogens is 231 g/mol. The van der Waals surface area contributed by atoms with E-state index in [1.54, 1.807) is 0 Å². The maximum Gasteiger partial charge on any atom is 0.134 e. The Bertz CT molecular complexity index is 393. The lowest BCUT2D eigenvalue weighted by atomic mass is 10.2. The number of alkyl halides is 1. The smallest absolute Gasteiger partial charge is 0.134 e. The standard InChI is InChI=1S/C15H19FO2/c16-11-5-1-7-13-18-15-10-3-2-8-14(15)9-4-6-12-17/h2-3,8,10,17H,1,5-7,11-13H2. The number of halogens is 1. The Balaban J connectivity index is 2.47. The number of rotatable bonds is 7. The zero-order valence-corrected chi connectivity index (χ0v) is 10.5. The first-order valence-corrected chi connectivity index (χ1v) is 6.26. The minimum atomic E-state index is -0.261. The lowest BCUT2D eigenvalue weighted by molar-refractivity contribution is 0.300. The molecule has 3 heteroatoms. The van der Waals surface area contributed by atoms with Gasteiger partial charge >= 0.3 is 0 Å². The number of para-hydroxylation sites is 1. The topological polar surface area (TPSA) is 29.5 Å². The highest BCUT2D eigenvalue weighted by Crippen LogP contribution is 2.17. The number of hydrogen-bond donors (Lipinski definition) is 1. The minimum absolute atomic E-state index is 0.0687. The predicted octanol–water partition coefficient (Wildman–Crippen LogP) is 2.94. The van der Waals surface area contributed by atoms with Crippen molar-refractivity contribution in [3.05, 3.63) is 29.8 Å². The van der Waals surface area contributed by atoms with Crippen molar-refractivity contribution in [2.45, 2.75) is 25.7 Å². The van der Waals surface area contributed by atoms with Crippen molar-refractivity contribution < 1.29 is 14.2 Å². The third-order valence-corrected chi connectivity index (χ3v) is 2.38. The first-order valence-electron chi connectivity index (χ1n) is 6.26. The third kappa shape index (κ3) is 5.70.